The molecule has 0 unspecified atom stereocenters. The first-order valence-electron chi connectivity index (χ1n) is 6.02. The Labute approximate surface area is 111 Å². The van der Waals surface area contributed by atoms with Gasteiger partial charge in [0.25, 0.3) is 0 Å². The Bertz CT molecular complexity index is 387. The number of carbonyl (C=O) groups is 1. The van der Waals surface area contributed by atoms with E-state index >= 15 is 0 Å². The zero-order valence-corrected chi connectivity index (χ0v) is 12.3. The van der Waals surface area contributed by atoms with Gasteiger partial charge in [-0.05, 0) is 36.2 Å². The van der Waals surface area contributed by atoms with Crippen LogP contribution in [0.1, 0.15) is 37.6 Å². The molecule has 1 aromatic rings. The van der Waals surface area contributed by atoms with Gasteiger partial charge in [-0.25, -0.2) is 0 Å². The van der Waals surface area contributed by atoms with Crippen LogP contribution < -0.4 is 5.32 Å². The normalized spacial score (nSPS) is 10.6. The van der Waals surface area contributed by atoms with Crippen molar-refractivity contribution < 1.29 is 4.79 Å². The molecule has 0 radical (unpaired) electrons. The zero-order valence-electron chi connectivity index (χ0n) is 10.7. The number of hydrogen-bond donors (Lipinski definition) is 1. The molecule has 5 heteroatoms. The summed E-state index contributed by atoms with van der Waals surface area (Å²) in [5.74, 6) is 0.0992. The van der Waals surface area contributed by atoms with Crippen LogP contribution in [0.15, 0.2) is 4.47 Å². The largest absolute Gasteiger partial charge is 0.356 e. The fourth-order valence-electron chi connectivity index (χ4n) is 1.59. The lowest BCUT2D eigenvalue weighted by atomic mass is 10.3. The van der Waals surface area contributed by atoms with E-state index in [9.17, 15) is 4.79 Å². The molecule has 0 aliphatic rings. The number of carbonyl (C=O) groups excluding carboxylic acids is 1. The van der Waals surface area contributed by atoms with Crippen LogP contribution in [0.3, 0.4) is 0 Å². The van der Waals surface area contributed by atoms with Crippen molar-refractivity contribution in [2.24, 2.45) is 0 Å². The molecule has 0 fully saturated rings. The first kappa shape index (κ1) is 14.2. The van der Waals surface area contributed by atoms with E-state index in [1.54, 1.807) is 0 Å². The first-order chi connectivity index (χ1) is 8.06. The number of rotatable bonds is 6. The Morgan fingerprint density at radius 1 is 1.47 bits per heavy atom. The molecule has 0 aliphatic heterocycles. The van der Waals surface area contributed by atoms with Crippen LogP contribution in [0, 0.1) is 13.8 Å². The minimum absolute atomic E-state index is 0.0992. The number of amides is 1. The van der Waals surface area contributed by atoms with Crippen LogP contribution in [-0.4, -0.2) is 22.2 Å². The average molecular weight is 302 g/mol. The van der Waals surface area contributed by atoms with Crippen molar-refractivity contribution in [1.82, 2.24) is 15.1 Å². The van der Waals surface area contributed by atoms with Crippen molar-refractivity contribution >= 4 is 21.8 Å². The summed E-state index contributed by atoms with van der Waals surface area (Å²) in [6.45, 7) is 7.47. The summed E-state index contributed by atoms with van der Waals surface area (Å²) in [7, 11) is 0. The van der Waals surface area contributed by atoms with Gasteiger partial charge in [-0.15, -0.1) is 0 Å². The summed E-state index contributed by atoms with van der Waals surface area (Å²) in [5, 5.41) is 7.27. The van der Waals surface area contributed by atoms with Gasteiger partial charge in [0.1, 0.15) is 0 Å². The van der Waals surface area contributed by atoms with Crippen molar-refractivity contribution in [2.75, 3.05) is 6.54 Å². The van der Waals surface area contributed by atoms with E-state index < -0.39 is 0 Å². The fourth-order valence-corrected chi connectivity index (χ4v) is 1.88. The Morgan fingerprint density at radius 3 is 2.71 bits per heavy atom. The minimum Gasteiger partial charge on any atom is -0.356 e. The third-order valence-electron chi connectivity index (χ3n) is 2.70. The Hall–Kier alpha value is -0.840. The highest BCUT2D eigenvalue weighted by atomic mass is 79.9. The smallest absolute Gasteiger partial charge is 0.221 e. The van der Waals surface area contributed by atoms with Gasteiger partial charge >= 0.3 is 0 Å². The summed E-state index contributed by atoms with van der Waals surface area (Å²) >= 11 is 3.47. The number of aromatic nitrogens is 2. The van der Waals surface area contributed by atoms with Crippen molar-refractivity contribution in [3.05, 3.63) is 15.9 Å². The second-order valence-corrected chi connectivity index (χ2v) is 4.95. The fraction of sp³-hybridized carbons (Fsp3) is 0.667. The highest BCUT2D eigenvalue weighted by Crippen LogP contribution is 2.19. The molecule has 1 heterocycles. The van der Waals surface area contributed by atoms with Crippen molar-refractivity contribution in [3.63, 3.8) is 0 Å². The molecule has 1 amide bonds. The SMILES string of the molecule is CCCCNC(=O)CCn1nc(C)c(Br)c1C. The highest BCUT2D eigenvalue weighted by Gasteiger charge is 2.09. The monoisotopic (exact) mass is 301 g/mol. The maximum atomic E-state index is 11.5. The molecule has 0 atom stereocenters. The van der Waals surface area contributed by atoms with Crippen molar-refractivity contribution in [3.8, 4) is 0 Å². The summed E-state index contributed by atoms with van der Waals surface area (Å²) in [4.78, 5) is 11.5. The van der Waals surface area contributed by atoms with Gasteiger partial charge < -0.3 is 5.32 Å². The molecule has 1 rings (SSSR count). The topological polar surface area (TPSA) is 46.9 Å². The standard InChI is InChI=1S/C12H20BrN3O/c1-4-5-7-14-11(17)6-8-16-10(3)12(13)9(2)15-16/h4-8H2,1-3H3,(H,14,17). The summed E-state index contributed by atoms with van der Waals surface area (Å²) in [6.07, 6.45) is 2.62. The van der Waals surface area contributed by atoms with Crippen LogP contribution >= 0.6 is 15.9 Å². The van der Waals surface area contributed by atoms with Crippen LogP contribution in [0.4, 0.5) is 0 Å². The van der Waals surface area contributed by atoms with Gasteiger partial charge in [-0.2, -0.15) is 5.10 Å². The van der Waals surface area contributed by atoms with Gasteiger partial charge in [0.2, 0.25) is 5.91 Å². The molecule has 1 N–H and O–H groups in total. The maximum absolute atomic E-state index is 11.5. The first-order valence-corrected chi connectivity index (χ1v) is 6.81. The van der Waals surface area contributed by atoms with Gasteiger partial charge in [0, 0.05) is 18.7 Å². The Morgan fingerprint density at radius 2 is 2.18 bits per heavy atom. The summed E-state index contributed by atoms with van der Waals surface area (Å²) < 4.78 is 2.91. The average Bonchev–Trinajstić information content (AvgIpc) is 2.54. The summed E-state index contributed by atoms with van der Waals surface area (Å²) in [5.41, 5.74) is 2.04. The molecule has 4 nitrogen and oxygen atoms in total. The van der Waals surface area contributed by atoms with E-state index in [-0.39, 0.29) is 5.91 Å². The van der Waals surface area contributed by atoms with E-state index in [1.807, 2.05) is 18.5 Å². The lowest BCUT2D eigenvalue weighted by molar-refractivity contribution is -0.121. The number of aryl methyl sites for hydroxylation is 2. The van der Waals surface area contributed by atoms with Crippen molar-refractivity contribution in [2.45, 2.75) is 46.6 Å². The molecule has 17 heavy (non-hydrogen) atoms. The second kappa shape index (κ2) is 6.79. The molecule has 96 valence electrons. The molecule has 0 saturated heterocycles. The predicted molar refractivity (Wildman–Crippen MR) is 71.9 cm³/mol. The van der Waals surface area contributed by atoms with E-state index in [0.29, 0.717) is 13.0 Å². The minimum atomic E-state index is 0.0992. The van der Waals surface area contributed by atoms with Crippen LogP contribution in [0.5, 0.6) is 0 Å². The number of halogens is 1. The van der Waals surface area contributed by atoms with Crippen molar-refractivity contribution in [1.29, 1.82) is 0 Å². The molecule has 0 aromatic carbocycles. The maximum Gasteiger partial charge on any atom is 0.221 e. The van der Waals surface area contributed by atoms with Crippen LogP contribution in [0.25, 0.3) is 0 Å². The van der Waals surface area contributed by atoms with E-state index in [1.165, 1.54) is 0 Å². The highest BCUT2D eigenvalue weighted by molar-refractivity contribution is 9.10. The number of hydrogen-bond acceptors (Lipinski definition) is 2. The molecule has 0 spiro atoms. The number of unbranched alkanes of at least 4 members (excludes halogenated alkanes) is 1. The lowest BCUT2D eigenvalue weighted by Crippen LogP contribution is -2.25. The Kier molecular flexibility index (Phi) is 5.68. The Balaban J connectivity index is 2.39. The third-order valence-corrected chi connectivity index (χ3v) is 3.84. The molecular weight excluding hydrogens is 282 g/mol. The van der Waals surface area contributed by atoms with Gasteiger partial charge in [0.05, 0.1) is 16.7 Å². The van der Waals surface area contributed by atoms with Crippen LogP contribution in [0.2, 0.25) is 0 Å². The lowest BCUT2D eigenvalue weighted by Gasteiger charge is -2.05. The van der Waals surface area contributed by atoms with E-state index in [2.05, 4.69) is 33.3 Å². The number of nitrogens with one attached hydrogen (secondary N) is 1. The van der Waals surface area contributed by atoms with Crippen LogP contribution in [-0.2, 0) is 11.3 Å². The molecule has 0 bridgehead atoms. The van der Waals surface area contributed by atoms with Gasteiger partial charge in [-0.3, -0.25) is 9.48 Å². The third kappa shape index (κ3) is 4.15. The zero-order chi connectivity index (χ0) is 12.8. The molecule has 0 aliphatic carbocycles. The summed E-state index contributed by atoms with van der Waals surface area (Å²) in [6, 6.07) is 0. The van der Waals surface area contributed by atoms with Gasteiger partial charge in [-0.1, -0.05) is 13.3 Å². The van der Waals surface area contributed by atoms with E-state index in [0.717, 1.165) is 35.2 Å². The van der Waals surface area contributed by atoms with Gasteiger partial charge in [0.15, 0.2) is 0 Å². The predicted octanol–water partition coefficient (Wildman–Crippen LogP) is 2.57. The second-order valence-electron chi connectivity index (χ2n) is 4.16. The molecule has 0 saturated carbocycles. The quantitative estimate of drug-likeness (QED) is 0.821. The number of nitrogens with zero attached hydrogens (tertiary/aromatic N) is 2. The van der Waals surface area contributed by atoms with E-state index in [4.69, 9.17) is 0 Å². The molecular formula is C12H20BrN3O. The molecule has 1 aromatic heterocycles.